The summed E-state index contributed by atoms with van der Waals surface area (Å²) < 4.78 is 35.2. The Labute approximate surface area is 91.2 Å². The Morgan fingerprint density at radius 3 is 2.40 bits per heavy atom. The first-order valence-electron chi connectivity index (χ1n) is 4.51. The topological polar surface area (TPSA) is 0 Å². The van der Waals surface area contributed by atoms with Gasteiger partial charge in [0.1, 0.15) is 0 Å². The first kappa shape index (κ1) is 12.2. The van der Waals surface area contributed by atoms with Crippen LogP contribution in [0.25, 0.3) is 0 Å². The molecule has 0 aromatic heterocycles. The molecule has 0 amide bonds. The fraction of sp³-hybridized carbons (Fsp3) is 0.273. The molecule has 4 heteroatoms. The number of alkyl halides is 3. The van der Waals surface area contributed by atoms with E-state index in [1.54, 1.807) is 6.08 Å². The molecule has 0 aliphatic carbocycles. The lowest BCUT2D eigenvalue weighted by atomic mass is 10.1. The van der Waals surface area contributed by atoms with Crippen molar-refractivity contribution < 1.29 is 13.2 Å². The first-order chi connectivity index (χ1) is 7.08. The minimum Gasteiger partial charge on any atom is -0.160 e. The summed E-state index contributed by atoms with van der Waals surface area (Å²) in [6.45, 7) is 0. The Hall–Kier alpha value is -0.900. The average molecular weight is 232 g/mol. The van der Waals surface area contributed by atoms with Gasteiger partial charge in [-0.3, -0.25) is 0 Å². The van der Waals surface area contributed by atoms with Gasteiger partial charge >= 0.3 is 5.51 Å². The molecule has 0 saturated heterocycles. The number of halogens is 3. The summed E-state index contributed by atoms with van der Waals surface area (Å²) in [5.41, 5.74) is -3.03. The minimum absolute atomic E-state index is 0.112. The van der Waals surface area contributed by atoms with Crippen LogP contribution in [0.5, 0.6) is 0 Å². The number of rotatable bonds is 4. The minimum atomic E-state index is -4.16. The summed E-state index contributed by atoms with van der Waals surface area (Å²) in [6, 6.07) is 9.68. The number of benzene rings is 1. The highest BCUT2D eigenvalue weighted by Gasteiger charge is 2.26. The maximum Gasteiger partial charge on any atom is 0.445 e. The van der Waals surface area contributed by atoms with Gasteiger partial charge in [0.15, 0.2) is 0 Å². The smallest absolute Gasteiger partial charge is 0.160 e. The lowest BCUT2D eigenvalue weighted by Crippen LogP contribution is -1.96. The summed E-state index contributed by atoms with van der Waals surface area (Å²) in [6.07, 6.45) is 2.95. The van der Waals surface area contributed by atoms with Crippen LogP contribution in [0.1, 0.15) is 12.0 Å². The SMILES string of the molecule is FC(F)(F)S/C=C/CCc1ccccc1. The monoisotopic (exact) mass is 232 g/mol. The Bertz CT molecular complexity index is 303. The molecule has 0 radical (unpaired) electrons. The van der Waals surface area contributed by atoms with E-state index in [-0.39, 0.29) is 11.8 Å². The van der Waals surface area contributed by atoms with Crippen molar-refractivity contribution in [2.75, 3.05) is 0 Å². The van der Waals surface area contributed by atoms with Crippen LogP contribution in [0.15, 0.2) is 41.8 Å². The summed E-state index contributed by atoms with van der Waals surface area (Å²) >= 11 is -0.112. The molecule has 0 N–H and O–H groups in total. The Balaban J connectivity index is 2.22. The first-order valence-corrected chi connectivity index (χ1v) is 5.39. The third-order valence-corrected chi connectivity index (χ3v) is 2.34. The predicted molar refractivity (Wildman–Crippen MR) is 57.5 cm³/mol. The summed E-state index contributed by atoms with van der Waals surface area (Å²) in [5.74, 6) is 0. The van der Waals surface area contributed by atoms with Crippen molar-refractivity contribution in [2.45, 2.75) is 18.3 Å². The van der Waals surface area contributed by atoms with Gasteiger partial charge in [-0.2, -0.15) is 13.2 Å². The van der Waals surface area contributed by atoms with Gasteiger partial charge in [0.2, 0.25) is 0 Å². The van der Waals surface area contributed by atoms with Crippen molar-refractivity contribution in [3.63, 3.8) is 0 Å². The number of hydrogen-bond donors (Lipinski definition) is 0. The van der Waals surface area contributed by atoms with E-state index in [0.29, 0.717) is 6.42 Å². The van der Waals surface area contributed by atoms with Gasteiger partial charge in [0, 0.05) is 0 Å². The number of hydrogen-bond acceptors (Lipinski definition) is 1. The molecule has 0 fully saturated rings. The fourth-order valence-corrected chi connectivity index (χ4v) is 1.47. The van der Waals surface area contributed by atoms with E-state index in [9.17, 15) is 13.2 Å². The third-order valence-electron chi connectivity index (χ3n) is 1.74. The van der Waals surface area contributed by atoms with Gasteiger partial charge < -0.3 is 0 Å². The quantitative estimate of drug-likeness (QED) is 0.742. The van der Waals surface area contributed by atoms with Crippen molar-refractivity contribution in [2.24, 2.45) is 0 Å². The Kier molecular flexibility index (Phi) is 4.75. The molecule has 82 valence electrons. The zero-order valence-corrected chi connectivity index (χ0v) is 8.81. The van der Waals surface area contributed by atoms with E-state index < -0.39 is 5.51 Å². The molecule has 0 aliphatic heterocycles. The highest BCUT2D eigenvalue weighted by molar-refractivity contribution is 8.02. The summed E-state index contributed by atoms with van der Waals surface area (Å²) in [5, 5.41) is 1.10. The molecular weight excluding hydrogens is 221 g/mol. The van der Waals surface area contributed by atoms with Gasteiger partial charge in [-0.25, -0.2) is 0 Å². The van der Waals surface area contributed by atoms with Crippen molar-refractivity contribution in [3.05, 3.63) is 47.4 Å². The second kappa shape index (κ2) is 5.85. The standard InChI is InChI=1S/C11H11F3S/c12-11(13,14)15-9-5-4-8-10-6-2-1-3-7-10/h1-3,5-7,9H,4,8H2/b9-5+. The lowest BCUT2D eigenvalue weighted by Gasteiger charge is -1.99. The van der Waals surface area contributed by atoms with Crippen LogP contribution in [0.4, 0.5) is 13.2 Å². The van der Waals surface area contributed by atoms with E-state index >= 15 is 0 Å². The third kappa shape index (κ3) is 6.23. The van der Waals surface area contributed by atoms with E-state index in [1.807, 2.05) is 30.3 Å². The van der Waals surface area contributed by atoms with Crippen LogP contribution in [-0.2, 0) is 6.42 Å². The summed E-state index contributed by atoms with van der Waals surface area (Å²) in [4.78, 5) is 0. The molecule has 15 heavy (non-hydrogen) atoms. The van der Waals surface area contributed by atoms with Crippen molar-refractivity contribution >= 4 is 11.8 Å². The average Bonchev–Trinajstić information content (AvgIpc) is 2.17. The van der Waals surface area contributed by atoms with E-state index in [2.05, 4.69) is 0 Å². The second-order valence-corrected chi connectivity index (χ2v) is 3.93. The van der Waals surface area contributed by atoms with Crippen LogP contribution >= 0.6 is 11.8 Å². The van der Waals surface area contributed by atoms with Crippen LogP contribution in [0, 0.1) is 0 Å². The van der Waals surface area contributed by atoms with Crippen molar-refractivity contribution in [1.29, 1.82) is 0 Å². The molecule has 0 atom stereocenters. The van der Waals surface area contributed by atoms with E-state index in [4.69, 9.17) is 0 Å². The van der Waals surface area contributed by atoms with E-state index in [1.165, 1.54) is 0 Å². The molecule has 0 bridgehead atoms. The van der Waals surface area contributed by atoms with Crippen molar-refractivity contribution in [1.82, 2.24) is 0 Å². The highest BCUT2D eigenvalue weighted by atomic mass is 32.2. The predicted octanol–water partition coefficient (Wildman–Crippen LogP) is 4.39. The van der Waals surface area contributed by atoms with Gasteiger partial charge in [-0.05, 0) is 35.6 Å². The molecule has 0 aliphatic rings. The normalized spacial score (nSPS) is 12.2. The molecule has 0 spiro atoms. The molecule has 0 heterocycles. The van der Waals surface area contributed by atoms with Crippen LogP contribution < -0.4 is 0 Å². The Morgan fingerprint density at radius 1 is 1.13 bits per heavy atom. The molecule has 0 saturated carbocycles. The van der Waals surface area contributed by atoms with Crippen LogP contribution in [-0.4, -0.2) is 5.51 Å². The highest BCUT2D eigenvalue weighted by Crippen LogP contribution is 2.30. The number of thioether (sulfide) groups is 1. The second-order valence-electron chi connectivity index (χ2n) is 2.96. The number of aryl methyl sites for hydroxylation is 1. The van der Waals surface area contributed by atoms with Gasteiger partial charge in [-0.15, -0.1) is 0 Å². The molecule has 1 aromatic carbocycles. The number of allylic oxidation sites excluding steroid dienone is 1. The van der Waals surface area contributed by atoms with Gasteiger partial charge in [0.25, 0.3) is 0 Å². The summed E-state index contributed by atoms with van der Waals surface area (Å²) in [7, 11) is 0. The lowest BCUT2D eigenvalue weighted by molar-refractivity contribution is -0.0320. The zero-order valence-electron chi connectivity index (χ0n) is 8.00. The molecule has 0 unspecified atom stereocenters. The van der Waals surface area contributed by atoms with Gasteiger partial charge in [-0.1, -0.05) is 36.4 Å². The fourth-order valence-electron chi connectivity index (χ4n) is 1.09. The maximum absolute atomic E-state index is 11.7. The zero-order chi connectivity index (χ0) is 11.1. The molecule has 0 nitrogen and oxygen atoms in total. The van der Waals surface area contributed by atoms with Crippen LogP contribution in [0.2, 0.25) is 0 Å². The van der Waals surface area contributed by atoms with Crippen molar-refractivity contribution in [3.8, 4) is 0 Å². The molecule has 1 rings (SSSR count). The van der Waals surface area contributed by atoms with Crippen LogP contribution in [0.3, 0.4) is 0 Å². The van der Waals surface area contributed by atoms with E-state index in [0.717, 1.165) is 17.4 Å². The largest absolute Gasteiger partial charge is 0.445 e. The Morgan fingerprint density at radius 2 is 1.80 bits per heavy atom. The van der Waals surface area contributed by atoms with Gasteiger partial charge in [0.05, 0.1) is 0 Å². The maximum atomic E-state index is 11.7. The molecule has 1 aromatic rings. The molecular formula is C11H11F3S.